The average molecular weight is 1610 g/mol. The molecule has 0 atom stereocenters. The highest BCUT2D eigenvalue weighted by Crippen LogP contribution is 2.55. The van der Waals surface area contributed by atoms with E-state index in [9.17, 15) is 0 Å². The molecule has 0 spiro atoms. The molecule has 0 amide bonds. The molecule has 27 aromatic rings. The first-order valence-corrected chi connectivity index (χ1v) is 43.8. The molecule has 24 aromatic carbocycles. The number of furan rings is 3. The van der Waals surface area contributed by atoms with Crippen LogP contribution in [-0.2, 0) is 0 Å². The van der Waals surface area contributed by atoms with E-state index < -0.39 is 0 Å². The summed E-state index contributed by atoms with van der Waals surface area (Å²) in [5.41, 5.74) is 27.7. The van der Waals surface area contributed by atoms with Gasteiger partial charge in [-0.2, -0.15) is 0 Å². The van der Waals surface area contributed by atoms with Crippen LogP contribution in [0, 0.1) is 0 Å². The van der Waals surface area contributed by atoms with E-state index >= 15 is 0 Å². The predicted octanol–water partition coefficient (Wildman–Crippen LogP) is 35.6. The van der Waals surface area contributed by atoms with Crippen molar-refractivity contribution in [2.24, 2.45) is 0 Å². The van der Waals surface area contributed by atoms with Gasteiger partial charge < -0.3 is 13.3 Å². The van der Waals surface area contributed by atoms with Crippen molar-refractivity contribution in [3.63, 3.8) is 0 Å². The van der Waals surface area contributed by atoms with Crippen LogP contribution in [0.15, 0.2) is 450 Å². The third kappa shape index (κ3) is 10.7. The van der Waals surface area contributed by atoms with Crippen molar-refractivity contribution >= 4 is 174 Å². The molecule has 0 saturated carbocycles. The second kappa shape index (κ2) is 27.9. The summed E-state index contributed by atoms with van der Waals surface area (Å²) >= 11 is 0. The maximum absolute atomic E-state index is 7.89. The first-order valence-electron chi connectivity index (χ1n) is 43.8. The van der Waals surface area contributed by atoms with Crippen LogP contribution in [0.25, 0.3) is 285 Å². The van der Waals surface area contributed by atoms with Crippen LogP contribution in [-0.4, -0.2) is 0 Å². The molecule has 3 heterocycles. The smallest absolute Gasteiger partial charge is 0.143 e. The van der Waals surface area contributed by atoms with Crippen molar-refractivity contribution in [2.45, 2.75) is 0 Å². The van der Waals surface area contributed by atoms with Gasteiger partial charge in [0.1, 0.15) is 33.5 Å². The van der Waals surface area contributed by atoms with Crippen LogP contribution < -0.4 is 0 Å². The monoisotopic (exact) mass is 1610 g/mol. The lowest BCUT2D eigenvalue weighted by atomic mass is 9.83. The zero-order valence-electron chi connectivity index (χ0n) is 68.8. The van der Waals surface area contributed by atoms with Gasteiger partial charge >= 0.3 is 0 Å². The van der Waals surface area contributed by atoms with Crippen LogP contribution in [0.2, 0.25) is 0 Å². The van der Waals surface area contributed by atoms with E-state index in [1.165, 1.54) is 98.0 Å². The Labute approximate surface area is 729 Å². The maximum Gasteiger partial charge on any atom is 0.143 e. The summed E-state index contributed by atoms with van der Waals surface area (Å²) in [6.45, 7) is 0. The second-order valence-electron chi connectivity index (χ2n) is 34.1. The van der Waals surface area contributed by atoms with Crippen molar-refractivity contribution in [3.05, 3.63) is 437 Å². The lowest BCUT2D eigenvalue weighted by Crippen LogP contribution is -1.93. The Morgan fingerprint density at radius 2 is 0.457 bits per heavy atom. The Hall–Kier alpha value is -16.7. The summed E-state index contributed by atoms with van der Waals surface area (Å²) in [5.74, 6) is 0. The van der Waals surface area contributed by atoms with Crippen molar-refractivity contribution in [3.8, 4) is 111 Å². The molecule has 0 fully saturated rings. The van der Waals surface area contributed by atoms with E-state index in [-0.39, 0.29) is 0 Å². The summed E-state index contributed by atoms with van der Waals surface area (Å²) in [6.07, 6.45) is 0. The molecule has 0 unspecified atom stereocenters. The van der Waals surface area contributed by atoms with Gasteiger partial charge in [0.05, 0.1) is 0 Å². The van der Waals surface area contributed by atoms with Crippen LogP contribution in [0.4, 0.5) is 0 Å². The molecule has 3 heteroatoms. The lowest BCUT2D eigenvalue weighted by molar-refractivity contribution is 0.669. The fourth-order valence-corrected chi connectivity index (χ4v) is 22.0. The minimum absolute atomic E-state index is 0.794. The molecule has 0 aliphatic heterocycles. The molecule has 0 N–H and O–H groups in total. The van der Waals surface area contributed by atoms with Gasteiger partial charge in [0, 0.05) is 65.7 Å². The molecule has 3 nitrogen and oxygen atoms in total. The van der Waals surface area contributed by atoms with Gasteiger partial charge in [-0.05, 0) is 228 Å². The Balaban J connectivity index is 0.684. The summed E-state index contributed by atoms with van der Waals surface area (Å²) in [5, 5.41) is 30.1. The zero-order chi connectivity index (χ0) is 83.1. The van der Waals surface area contributed by atoms with E-state index in [0.717, 1.165) is 187 Å². The quantitative estimate of drug-likeness (QED) is 0.101. The molecule has 3 aromatic heterocycles. The molecule has 127 heavy (non-hydrogen) atoms. The van der Waals surface area contributed by atoms with Crippen molar-refractivity contribution < 1.29 is 13.3 Å². The van der Waals surface area contributed by atoms with Crippen LogP contribution in [0.1, 0.15) is 0 Å². The topological polar surface area (TPSA) is 39.4 Å². The van der Waals surface area contributed by atoms with Gasteiger partial charge in [-0.15, -0.1) is 0 Å². The Bertz CT molecular complexity index is 9300. The van der Waals surface area contributed by atoms with Gasteiger partial charge in [-0.1, -0.05) is 394 Å². The zero-order valence-corrected chi connectivity index (χ0v) is 68.8. The largest absolute Gasteiger partial charge is 0.455 e. The van der Waals surface area contributed by atoms with E-state index in [1.807, 2.05) is 0 Å². The predicted molar refractivity (Wildman–Crippen MR) is 538 cm³/mol. The number of rotatable bonds is 10. The molecule has 0 bridgehead atoms. The van der Waals surface area contributed by atoms with Crippen LogP contribution in [0.5, 0.6) is 0 Å². The van der Waals surface area contributed by atoms with Gasteiger partial charge in [-0.3, -0.25) is 0 Å². The minimum Gasteiger partial charge on any atom is -0.455 e. The SMILES string of the molecule is c1cc(-c2cccc3ccccc23)cc(-c2c3ccccc3c(-c3cccc4c3oc3ccccc34)c3cc(-c4cc(-c5cccc6c(-c7ccc(-c8c9ccccc9c(-c9cccc%10c9oc9ccccc9%10)c9ccccc89)cc7)cccc56)c5c(c4)oc4c(-c6c7ccccc7c(-c7cc8ccccc8c8ccccc78)c7ccccc67)cccc45)ccc23)c1. The number of hydrogen-bond donors (Lipinski definition) is 0. The Kier molecular flexibility index (Phi) is 15.6. The third-order valence-electron chi connectivity index (χ3n) is 27.4. The maximum atomic E-state index is 7.89. The highest BCUT2D eigenvalue weighted by Gasteiger charge is 2.29. The normalized spacial score (nSPS) is 12.1. The first-order chi connectivity index (χ1) is 63.0. The summed E-state index contributed by atoms with van der Waals surface area (Å²) < 4.78 is 21.8. The Morgan fingerprint density at radius 3 is 1.02 bits per heavy atom. The van der Waals surface area contributed by atoms with Crippen LogP contribution in [0.3, 0.4) is 0 Å². The lowest BCUT2D eigenvalue weighted by Gasteiger charge is -2.20. The first kappa shape index (κ1) is 70.9. The molecular weight excluding hydrogens is 1540 g/mol. The molecule has 586 valence electrons. The van der Waals surface area contributed by atoms with Gasteiger partial charge in [-0.25, -0.2) is 0 Å². The van der Waals surface area contributed by atoms with Gasteiger partial charge in [0.15, 0.2) is 0 Å². The Morgan fingerprint density at radius 1 is 0.118 bits per heavy atom. The van der Waals surface area contributed by atoms with E-state index in [2.05, 4.69) is 437 Å². The van der Waals surface area contributed by atoms with Crippen molar-refractivity contribution in [2.75, 3.05) is 0 Å². The number of fused-ring (bicyclic) bond motifs is 20. The van der Waals surface area contributed by atoms with Crippen molar-refractivity contribution in [1.29, 1.82) is 0 Å². The fourth-order valence-electron chi connectivity index (χ4n) is 22.0. The molecule has 0 aliphatic rings. The van der Waals surface area contributed by atoms with E-state index in [1.54, 1.807) is 0 Å². The molecular formula is C124H72O3. The molecule has 0 radical (unpaired) electrons. The highest BCUT2D eigenvalue weighted by molar-refractivity contribution is 6.31. The fraction of sp³-hybridized carbons (Fsp3) is 0. The summed E-state index contributed by atoms with van der Waals surface area (Å²) in [4.78, 5) is 0. The van der Waals surface area contributed by atoms with Gasteiger partial charge in [0.25, 0.3) is 0 Å². The van der Waals surface area contributed by atoms with E-state index in [0.29, 0.717) is 0 Å². The van der Waals surface area contributed by atoms with Gasteiger partial charge in [0.2, 0.25) is 0 Å². The highest BCUT2D eigenvalue weighted by atomic mass is 16.3. The van der Waals surface area contributed by atoms with E-state index in [4.69, 9.17) is 13.3 Å². The summed E-state index contributed by atoms with van der Waals surface area (Å²) in [6, 6.07) is 162. The summed E-state index contributed by atoms with van der Waals surface area (Å²) in [7, 11) is 0. The minimum atomic E-state index is 0.794. The molecule has 0 saturated heterocycles. The average Bonchev–Trinajstić information content (AvgIpc) is 1.39. The van der Waals surface area contributed by atoms with Crippen molar-refractivity contribution in [1.82, 2.24) is 0 Å². The number of hydrogen-bond acceptors (Lipinski definition) is 3. The molecule has 27 rings (SSSR count). The standard InChI is InChI=1S/C124H72O3/c1-3-33-81-73(28-1)30-22-49-83(81)77-31-21-32-79(68-77)116-94-41-9-12-44-97(94)120(107-57-26-55-104-91-38-18-20-61-113(91)126-123(104)107)111-69-76(66-67-102(111)116)80-71-110(121-108-59-27-58-106(124(108)127-114(121)72-80)118-98-45-13-15-47-100(98)119(101-48-16-14-46-99(101)118)109-70-78-29-2-4-34-84(78)85-35-5-6-36-88(85)109)89-53-24-51-86-82(50-23-52-87(86)89)74-62-64-75(65-63-74)115-92-39-7-10-42-95(92)117(96-43-11-8-40-93(96)115)105-56-25-54-103-90-37-17-19-60-112(90)125-122(103)105/h1-72H. The molecule has 0 aliphatic carbocycles. The second-order valence-corrected chi connectivity index (χ2v) is 34.1. The number of para-hydroxylation sites is 5. The number of benzene rings is 24. The third-order valence-corrected chi connectivity index (χ3v) is 27.4. The van der Waals surface area contributed by atoms with Crippen LogP contribution >= 0.6 is 0 Å².